The lowest BCUT2D eigenvalue weighted by molar-refractivity contribution is -0.140. The summed E-state index contributed by atoms with van der Waals surface area (Å²) in [4.78, 5) is 41.4. The Hall–Kier alpha value is -6.45. The number of aromatic nitrogens is 4. The van der Waals surface area contributed by atoms with Crippen LogP contribution in [0.15, 0.2) is 115 Å². The van der Waals surface area contributed by atoms with Gasteiger partial charge < -0.3 is 20.4 Å². The molecule has 5 heterocycles. The molecule has 0 aliphatic carbocycles. The van der Waals surface area contributed by atoms with E-state index in [2.05, 4.69) is 137 Å². The molecule has 278 valence electrons. The topological polar surface area (TPSA) is 124 Å². The van der Waals surface area contributed by atoms with Crippen molar-refractivity contribution in [1.29, 1.82) is 0 Å². The number of amides is 1. The van der Waals surface area contributed by atoms with Gasteiger partial charge in [-0.25, -0.2) is 14.8 Å². The van der Waals surface area contributed by atoms with E-state index in [0.717, 1.165) is 109 Å². The molecule has 3 aromatic carbocycles. The van der Waals surface area contributed by atoms with Crippen molar-refractivity contribution in [3.05, 3.63) is 144 Å². The highest BCUT2D eigenvalue weighted by atomic mass is 32.2. The predicted octanol–water partition coefficient (Wildman–Crippen LogP) is 10.3. The first-order valence-corrected chi connectivity index (χ1v) is 20.0. The van der Waals surface area contributed by atoms with Gasteiger partial charge >= 0.3 is 5.97 Å². The molecule has 3 aromatic heterocycles. The van der Waals surface area contributed by atoms with Gasteiger partial charge in [0.25, 0.3) is 0 Å². The first-order chi connectivity index (χ1) is 27.4. The van der Waals surface area contributed by atoms with Gasteiger partial charge in [-0.1, -0.05) is 91.0 Å². The van der Waals surface area contributed by atoms with Crippen molar-refractivity contribution in [2.24, 2.45) is 0 Å². The average molecular weight is 756 g/mol. The first kappa shape index (κ1) is 36.5. The SMILES string of the molecule is CC(=O)N[C@@H](CSCCCCc1c2nc(c(-c3ccccc3)c3ccc([nH]3)c(-c3ccccc3)c3ccc([nH]3)c(-c3ccccc3)c3nc1C=C3)C=C2)C(=O)O. The van der Waals surface area contributed by atoms with Crippen molar-refractivity contribution < 1.29 is 14.7 Å². The van der Waals surface area contributed by atoms with Crippen molar-refractivity contribution >= 4 is 70.0 Å². The Morgan fingerprint density at radius 1 is 0.607 bits per heavy atom. The fourth-order valence-corrected chi connectivity index (χ4v) is 8.42. The van der Waals surface area contributed by atoms with Gasteiger partial charge in [-0.3, -0.25) is 4.79 Å². The highest BCUT2D eigenvalue weighted by Crippen LogP contribution is 2.36. The Morgan fingerprint density at radius 3 is 1.48 bits per heavy atom. The number of carboxylic acids is 1. The Balaban J connectivity index is 1.31. The third-order valence-corrected chi connectivity index (χ3v) is 11.1. The number of fused-ring (bicyclic) bond motifs is 8. The molecule has 56 heavy (non-hydrogen) atoms. The normalized spacial score (nSPS) is 12.4. The molecule has 4 N–H and O–H groups in total. The number of unbranched alkanes of at least 4 members (excludes halogenated alkanes) is 1. The lowest BCUT2D eigenvalue weighted by Gasteiger charge is -2.12. The van der Waals surface area contributed by atoms with Crippen LogP contribution in [0.4, 0.5) is 0 Å². The second-order valence-corrected chi connectivity index (χ2v) is 15.0. The number of hydrogen-bond acceptors (Lipinski definition) is 5. The number of carboxylic acid groups (broad SMARTS) is 1. The molecule has 0 fully saturated rings. The summed E-state index contributed by atoms with van der Waals surface area (Å²) in [6, 6.07) is 38.9. The number of hydrogen-bond donors (Lipinski definition) is 4. The Kier molecular flexibility index (Phi) is 10.8. The predicted molar refractivity (Wildman–Crippen MR) is 231 cm³/mol. The summed E-state index contributed by atoms with van der Waals surface area (Å²) < 4.78 is 0. The lowest BCUT2D eigenvalue weighted by atomic mass is 10.0. The molecule has 8 nitrogen and oxygen atoms in total. The molecule has 0 radical (unpaired) electrons. The van der Waals surface area contributed by atoms with Crippen LogP contribution in [0.2, 0.25) is 0 Å². The lowest BCUT2D eigenvalue weighted by Crippen LogP contribution is -2.41. The zero-order chi connectivity index (χ0) is 38.4. The second kappa shape index (κ2) is 16.5. The Labute approximate surface area is 329 Å². The molecule has 8 bridgehead atoms. The maximum atomic E-state index is 11.6. The van der Waals surface area contributed by atoms with Crippen LogP contribution in [0.3, 0.4) is 0 Å². The van der Waals surface area contributed by atoms with Crippen LogP contribution in [0.1, 0.15) is 48.1 Å². The van der Waals surface area contributed by atoms with Crippen LogP contribution in [0.25, 0.3) is 79.8 Å². The number of nitrogens with zero attached hydrogens (tertiary/aromatic N) is 2. The third kappa shape index (κ3) is 7.85. The molecular formula is C47H41N5O3S. The van der Waals surface area contributed by atoms with Crippen LogP contribution in [-0.2, 0) is 16.0 Å². The number of rotatable bonds is 12. The van der Waals surface area contributed by atoms with Gasteiger partial charge in [-0.2, -0.15) is 11.8 Å². The van der Waals surface area contributed by atoms with Crippen LogP contribution < -0.4 is 5.32 Å². The maximum absolute atomic E-state index is 11.6. The number of H-pyrrole nitrogens is 2. The standard InChI is InChI=1S/C47H41N5O3S/c1-30(53)48-43(47(54)55)29-56-28-12-11-19-34-35-20-22-37(49-35)44(31-13-5-2-6-14-31)39-24-26-41(51-39)46(33-17-9-4-10-18-33)42-27-25-40(52-42)45(32-15-7-3-8-16-32)38-23-21-36(34)50-38/h2-10,13-18,20-27,43,51-52H,11-12,19,28-29H2,1H3,(H,48,53)(H,54,55)/t43-/m0/s1. The van der Waals surface area contributed by atoms with Crippen molar-refractivity contribution in [2.45, 2.75) is 32.2 Å². The molecular weight excluding hydrogens is 715 g/mol. The molecule has 0 saturated heterocycles. The molecule has 0 unspecified atom stereocenters. The first-order valence-electron chi connectivity index (χ1n) is 18.8. The smallest absolute Gasteiger partial charge is 0.327 e. The molecule has 2 aliphatic heterocycles. The van der Waals surface area contributed by atoms with Crippen molar-refractivity contribution in [1.82, 2.24) is 25.3 Å². The number of aliphatic carboxylic acids is 1. The quantitative estimate of drug-likeness (QED) is 0.0921. The number of nitrogens with one attached hydrogen (secondary N) is 3. The zero-order valence-corrected chi connectivity index (χ0v) is 31.8. The van der Waals surface area contributed by atoms with Crippen LogP contribution in [-0.4, -0.2) is 54.5 Å². The summed E-state index contributed by atoms with van der Waals surface area (Å²) in [6.07, 6.45) is 10.9. The van der Waals surface area contributed by atoms with E-state index in [0.29, 0.717) is 5.75 Å². The van der Waals surface area contributed by atoms with Crippen LogP contribution in [0.5, 0.6) is 0 Å². The fourth-order valence-electron chi connectivity index (χ4n) is 7.38. The molecule has 0 saturated carbocycles. The average Bonchev–Trinajstić information content (AvgIpc) is 4.06. The highest BCUT2D eigenvalue weighted by Gasteiger charge is 2.20. The molecule has 1 atom stereocenters. The van der Waals surface area contributed by atoms with Gasteiger partial charge in [0.15, 0.2) is 0 Å². The van der Waals surface area contributed by atoms with Gasteiger partial charge in [-0.15, -0.1) is 0 Å². The summed E-state index contributed by atoms with van der Waals surface area (Å²) in [5.74, 6) is -0.291. The largest absolute Gasteiger partial charge is 0.480 e. The van der Waals surface area contributed by atoms with E-state index in [1.165, 1.54) is 18.7 Å². The van der Waals surface area contributed by atoms with E-state index in [-0.39, 0.29) is 5.91 Å². The summed E-state index contributed by atoms with van der Waals surface area (Å²) >= 11 is 1.54. The summed E-state index contributed by atoms with van der Waals surface area (Å²) in [5, 5.41) is 12.0. The van der Waals surface area contributed by atoms with Gasteiger partial charge in [0.2, 0.25) is 5.91 Å². The minimum atomic E-state index is -1.02. The van der Waals surface area contributed by atoms with Crippen molar-refractivity contribution in [3.63, 3.8) is 0 Å². The number of carbonyl (C=O) groups is 2. The van der Waals surface area contributed by atoms with Crippen LogP contribution in [0, 0.1) is 0 Å². The zero-order valence-electron chi connectivity index (χ0n) is 31.0. The van der Waals surface area contributed by atoms with E-state index >= 15 is 0 Å². The van der Waals surface area contributed by atoms with E-state index in [1.807, 2.05) is 18.2 Å². The molecule has 1 amide bonds. The van der Waals surface area contributed by atoms with Crippen molar-refractivity contribution in [3.8, 4) is 33.4 Å². The summed E-state index contributed by atoms with van der Waals surface area (Å²) in [7, 11) is 0. The number of benzene rings is 3. The molecule has 0 spiro atoms. The maximum Gasteiger partial charge on any atom is 0.327 e. The highest BCUT2D eigenvalue weighted by molar-refractivity contribution is 7.99. The number of aromatic amines is 2. The van der Waals surface area contributed by atoms with Gasteiger partial charge in [0, 0.05) is 57.0 Å². The fraction of sp³-hybridized carbons (Fsp3) is 0.149. The molecule has 6 aromatic rings. The molecule has 2 aliphatic rings. The van der Waals surface area contributed by atoms with Gasteiger partial charge in [0.1, 0.15) is 6.04 Å². The Morgan fingerprint density at radius 2 is 1.04 bits per heavy atom. The minimum Gasteiger partial charge on any atom is -0.480 e. The van der Waals surface area contributed by atoms with E-state index in [4.69, 9.17) is 9.97 Å². The van der Waals surface area contributed by atoms with E-state index in [9.17, 15) is 14.7 Å². The van der Waals surface area contributed by atoms with E-state index < -0.39 is 12.0 Å². The monoisotopic (exact) mass is 755 g/mol. The number of thioether (sulfide) groups is 1. The summed E-state index contributed by atoms with van der Waals surface area (Å²) in [5.41, 5.74) is 14.7. The minimum absolute atomic E-state index is 0.314. The second-order valence-electron chi connectivity index (χ2n) is 13.8. The van der Waals surface area contributed by atoms with Gasteiger partial charge in [-0.05, 0) is 90.3 Å². The summed E-state index contributed by atoms with van der Waals surface area (Å²) in [6.45, 7) is 1.34. The molecule has 9 heteroatoms. The Bertz CT molecular complexity index is 2490. The van der Waals surface area contributed by atoms with Gasteiger partial charge in [0.05, 0.1) is 22.8 Å². The number of carbonyl (C=O) groups excluding carboxylic acids is 1. The van der Waals surface area contributed by atoms with E-state index in [1.54, 1.807) is 0 Å². The van der Waals surface area contributed by atoms with Crippen molar-refractivity contribution in [2.75, 3.05) is 11.5 Å². The third-order valence-electron chi connectivity index (χ3n) is 9.97. The van der Waals surface area contributed by atoms with Crippen LogP contribution >= 0.6 is 11.8 Å². The molecule has 8 rings (SSSR count).